The molecule has 2 fully saturated rings. The molecule has 0 radical (unpaired) electrons. The number of primary amides is 1. The minimum Gasteiger partial charge on any atom is -0.376 e. The number of halogens is 3. The summed E-state index contributed by atoms with van der Waals surface area (Å²) in [5.74, 6) is -0.825. The van der Waals surface area contributed by atoms with Crippen LogP contribution in [0.1, 0.15) is 54.6 Å². The average molecular weight is 477 g/mol. The number of aliphatic hydroxyl groups is 1. The van der Waals surface area contributed by atoms with E-state index in [9.17, 15) is 28.3 Å². The van der Waals surface area contributed by atoms with Crippen LogP contribution in [-0.2, 0) is 5.60 Å². The Labute approximate surface area is 195 Å². The standard InChI is InChI=1S/C23H27F3N6O2/c1-22(34,23(24,25)26)15-3-5-16(6-4-15)29-21-18(20(28)33)13-32(30-21)19-8-7-17(11-14(19)12-27)31-9-2-10-31/h3-6,13-14,17,19,34H,2,7-11H2,1H3,(H2,28,33)(H,29,30)/t14-,17-,19+,22-/m1/s1. The van der Waals surface area contributed by atoms with Gasteiger partial charge in [0.2, 0.25) is 0 Å². The predicted molar refractivity (Wildman–Crippen MR) is 118 cm³/mol. The largest absolute Gasteiger partial charge is 0.421 e. The number of benzene rings is 1. The van der Waals surface area contributed by atoms with Crippen molar-refractivity contribution < 1.29 is 23.1 Å². The van der Waals surface area contributed by atoms with E-state index in [1.54, 1.807) is 4.68 Å². The summed E-state index contributed by atoms with van der Waals surface area (Å²) < 4.78 is 40.9. The van der Waals surface area contributed by atoms with Crippen molar-refractivity contribution in [2.45, 2.75) is 56.5 Å². The van der Waals surface area contributed by atoms with Crippen LogP contribution in [0.25, 0.3) is 0 Å². The molecule has 34 heavy (non-hydrogen) atoms. The fourth-order valence-electron chi connectivity index (χ4n) is 4.64. The Hall–Kier alpha value is -3.10. The second-order valence-corrected chi connectivity index (χ2v) is 9.17. The number of aromatic nitrogens is 2. The summed E-state index contributed by atoms with van der Waals surface area (Å²) in [7, 11) is 0. The van der Waals surface area contributed by atoms with Crippen LogP contribution < -0.4 is 11.1 Å². The minimum atomic E-state index is -4.83. The van der Waals surface area contributed by atoms with Crippen molar-refractivity contribution in [1.82, 2.24) is 14.7 Å². The quantitative estimate of drug-likeness (QED) is 0.588. The summed E-state index contributed by atoms with van der Waals surface area (Å²) in [6.45, 7) is 2.81. The third-order valence-corrected chi connectivity index (χ3v) is 6.96. The molecule has 0 spiro atoms. The zero-order valence-electron chi connectivity index (χ0n) is 18.7. The molecule has 182 valence electrons. The molecule has 4 N–H and O–H groups in total. The van der Waals surface area contributed by atoms with Gasteiger partial charge < -0.3 is 21.1 Å². The fraction of sp³-hybridized carbons (Fsp3) is 0.522. The highest BCUT2D eigenvalue weighted by Gasteiger charge is 2.51. The van der Waals surface area contributed by atoms with E-state index in [1.807, 2.05) is 0 Å². The third-order valence-electron chi connectivity index (χ3n) is 6.96. The SMILES string of the molecule is C[C@@](O)(c1ccc(Nc2nn([C@H]3CC[C@@H](N4CCC4)C[C@@H]3C#N)cc2C(N)=O)cc1)C(F)(F)F. The first-order valence-corrected chi connectivity index (χ1v) is 11.2. The molecule has 1 aromatic heterocycles. The van der Waals surface area contributed by atoms with E-state index in [4.69, 9.17) is 5.73 Å². The van der Waals surface area contributed by atoms with E-state index in [0.29, 0.717) is 18.7 Å². The second kappa shape index (κ2) is 8.92. The van der Waals surface area contributed by atoms with Gasteiger partial charge in [0.1, 0.15) is 5.56 Å². The highest BCUT2D eigenvalue weighted by atomic mass is 19.4. The van der Waals surface area contributed by atoms with Gasteiger partial charge >= 0.3 is 6.18 Å². The highest BCUT2D eigenvalue weighted by Crippen LogP contribution is 2.40. The molecule has 0 unspecified atom stereocenters. The maximum atomic E-state index is 13.1. The van der Waals surface area contributed by atoms with Crippen LogP contribution in [0.2, 0.25) is 0 Å². The van der Waals surface area contributed by atoms with Crippen LogP contribution in [0, 0.1) is 17.2 Å². The molecule has 1 amide bonds. The molecule has 2 heterocycles. The van der Waals surface area contributed by atoms with Gasteiger partial charge in [0.05, 0.1) is 18.0 Å². The summed E-state index contributed by atoms with van der Waals surface area (Å²) in [6.07, 6.45) is 0.272. The number of anilines is 2. The maximum absolute atomic E-state index is 13.1. The summed E-state index contributed by atoms with van der Waals surface area (Å²) in [4.78, 5) is 14.4. The fourth-order valence-corrected chi connectivity index (χ4v) is 4.64. The number of hydrogen-bond donors (Lipinski definition) is 3. The van der Waals surface area contributed by atoms with Crippen LogP contribution in [0.5, 0.6) is 0 Å². The van der Waals surface area contributed by atoms with Gasteiger partial charge in [-0.05, 0) is 63.4 Å². The summed E-state index contributed by atoms with van der Waals surface area (Å²) in [6, 6.07) is 7.58. The van der Waals surface area contributed by atoms with Crippen molar-refractivity contribution in [3.8, 4) is 6.07 Å². The molecule has 1 saturated carbocycles. The van der Waals surface area contributed by atoms with Crippen molar-refractivity contribution in [2.75, 3.05) is 18.4 Å². The Bertz CT molecular complexity index is 1090. The number of likely N-dealkylation sites (tertiary alicyclic amines) is 1. The molecule has 1 aliphatic carbocycles. The first-order chi connectivity index (χ1) is 16.0. The number of nitrogens with two attached hydrogens (primary N) is 1. The Morgan fingerprint density at radius 2 is 1.94 bits per heavy atom. The molecule has 2 aromatic rings. The number of hydrogen-bond acceptors (Lipinski definition) is 6. The number of amides is 1. The number of nitrogens with zero attached hydrogens (tertiary/aromatic N) is 4. The minimum absolute atomic E-state index is 0.118. The van der Waals surface area contributed by atoms with E-state index in [0.717, 1.165) is 44.5 Å². The smallest absolute Gasteiger partial charge is 0.376 e. The molecule has 1 aromatic carbocycles. The topological polar surface area (TPSA) is 120 Å². The number of alkyl halides is 3. The molecule has 4 atom stereocenters. The number of carbonyl (C=O) groups excluding carboxylic acids is 1. The Kier molecular flexibility index (Phi) is 6.31. The Morgan fingerprint density at radius 3 is 2.47 bits per heavy atom. The van der Waals surface area contributed by atoms with Crippen LogP contribution in [0.15, 0.2) is 30.5 Å². The van der Waals surface area contributed by atoms with Crippen LogP contribution >= 0.6 is 0 Å². The first-order valence-electron chi connectivity index (χ1n) is 11.2. The highest BCUT2D eigenvalue weighted by molar-refractivity contribution is 5.98. The molecule has 4 rings (SSSR count). The lowest BCUT2D eigenvalue weighted by Crippen LogP contribution is -2.48. The zero-order valence-corrected chi connectivity index (χ0v) is 18.7. The van der Waals surface area contributed by atoms with Crippen molar-refractivity contribution in [2.24, 2.45) is 11.7 Å². The van der Waals surface area contributed by atoms with E-state index < -0.39 is 17.7 Å². The number of nitrogens with one attached hydrogen (secondary N) is 1. The molecule has 8 nitrogen and oxygen atoms in total. The van der Waals surface area contributed by atoms with Gasteiger partial charge in [0.25, 0.3) is 5.91 Å². The van der Waals surface area contributed by atoms with Crippen LogP contribution in [-0.4, -0.2) is 51.0 Å². The van der Waals surface area contributed by atoms with Crippen molar-refractivity contribution in [3.05, 3.63) is 41.6 Å². The first kappa shape index (κ1) is 24.0. The predicted octanol–water partition coefficient (Wildman–Crippen LogP) is 3.43. The van der Waals surface area contributed by atoms with Gasteiger partial charge in [0, 0.05) is 17.9 Å². The van der Waals surface area contributed by atoms with Gasteiger partial charge in [-0.2, -0.15) is 23.5 Å². The molecule has 0 bridgehead atoms. The van der Waals surface area contributed by atoms with Gasteiger partial charge in [-0.3, -0.25) is 9.48 Å². The lowest BCUT2D eigenvalue weighted by atomic mass is 9.81. The molecule has 11 heteroatoms. The molecule has 1 aliphatic heterocycles. The van der Waals surface area contributed by atoms with E-state index in [1.165, 1.54) is 24.8 Å². The Balaban J connectivity index is 1.54. The van der Waals surface area contributed by atoms with Crippen molar-refractivity contribution in [1.29, 1.82) is 5.26 Å². The monoisotopic (exact) mass is 476 g/mol. The van der Waals surface area contributed by atoms with Crippen LogP contribution in [0.3, 0.4) is 0 Å². The summed E-state index contributed by atoms with van der Waals surface area (Å²) in [5.41, 5.74) is 2.71. The van der Waals surface area contributed by atoms with E-state index in [2.05, 4.69) is 21.4 Å². The van der Waals surface area contributed by atoms with Crippen LogP contribution in [0.4, 0.5) is 24.7 Å². The van der Waals surface area contributed by atoms with E-state index >= 15 is 0 Å². The number of nitriles is 1. The second-order valence-electron chi connectivity index (χ2n) is 9.17. The van der Waals surface area contributed by atoms with Gasteiger partial charge in [-0.1, -0.05) is 12.1 Å². The zero-order chi connectivity index (χ0) is 24.7. The van der Waals surface area contributed by atoms with E-state index in [-0.39, 0.29) is 28.9 Å². The molecular weight excluding hydrogens is 449 g/mol. The maximum Gasteiger partial charge on any atom is 0.421 e. The Morgan fingerprint density at radius 1 is 1.26 bits per heavy atom. The lowest BCUT2D eigenvalue weighted by Gasteiger charge is -2.43. The molecular formula is C23H27F3N6O2. The van der Waals surface area contributed by atoms with Crippen molar-refractivity contribution in [3.63, 3.8) is 0 Å². The molecule has 1 saturated heterocycles. The summed E-state index contributed by atoms with van der Waals surface area (Å²) in [5, 5.41) is 27.0. The average Bonchev–Trinajstić information content (AvgIpc) is 3.16. The summed E-state index contributed by atoms with van der Waals surface area (Å²) >= 11 is 0. The van der Waals surface area contributed by atoms with Crippen molar-refractivity contribution >= 4 is 17.4 Å². The molecule has 2 aliphatic rings. The normalized spacial score (nSPS) is 25.1. The van der Waals surface area contributed by atoms with Gasteiger partial charge in [0.15, 0.2) is 11.4 Å². The number of carbonyl (C=O) groups is 1. The third kappa shape index (κ3) is 4.48. The van der Waals surface area contributed by atoms with Gasteiger partial charge in [-0.25, -0.2) is 0 Å². The lowest BCUT2D eigenvalue weighted by molar-refractivity contribution is -0.258. The van der Waals surface area contributed by atoms with Gasteiger partial charge in [-0.15, -0.1) is 0 Å². The number of rotatable bonds is 6.